The fourth-order valence-corrected chi connectivity index (χ4v) is 3.22. The Labute approximate surface area is 181 Å². The van der Waals surface area contributed by atoms with E-state index in [1.165, 1.54) is 29.9 Å². The van der Waals surface area contributed by atoms with Crippen molar-refractivity contribution in [2.45, 2.75) is 17.6 Å². The Morgan fingerprint density at radius 2 is 2.10 bits per heavy atom. The minimum Gasteiger partial charge on any atom is -0.486 e. The first-order valence-electron chi connectivity index (χ1n) is 9.17. The number of aromatic nitrogens is 5. The van der Waals surface area contributed by atoms with Crippen molar-refractivity contribution in [1.82, 2.24) is 24.7 Å². The lowest BCUT2D eigenvalue weighted by Gasteiger charge is -2.02. The molecule has 0 aliphatic heterocycles. The summed E-state index contributed by atoms with van der Waals surface area (Å²) in [7, 11) is 1.31. The zero-order chi connectivity index (χ0) is 21.5. The number of hydrogen-bond donors (Lipinski definition) is 0. The van der Waals surface area contributed by atoms with Gasteiger partial charge in [-0.15, -0.1) is 10.2 Å². The second-order valence-corrected chi connectivity index (χ2v) is 7.03. The van der Waals surface area contributed by atoms with Crippen molar-refractivity contribution in [3.63, 3.8) is 0 Å². The Hall–Kier alpha value is -3.86. The van der Waals surface area contributed by atoms with Crippen LogP contribution in [0.15, 0.2) is 75.7 Å². The van der Waals surface area contributed by atoms with Crippen molar-refractivity contribution < 1.29 is 18.7 Å². The summed E-state index contributed by atoms with van der Waals surface area (Å²) < 4.78 is 19.2. The molecule has 4 aromatic rings. The fourth-order valence-electron chi connectivity index (χ4n) is 2.50. The smallest absolute Gasteiger partial charge is 0.358 e. The van der Waals surface area contributed by atoms with Gasteiger partial charge in [-0.25, -0.2) is 4.79 Å². The van der Waals surface area contributed by atoms with Gasteiger partial charge in [-0.1, -0.05) is 30.0 Å². The SMILES string of the molecule is COC(=O)c1ccn(CSc2nncn2N=Cc2ccc(COc3ccccc3)o2)n1. The molecule has 0 spiro atoms. The summed E-state index contributed by atoms with van der Waals surface area (Å²) in [5.41, 5.74) is 0.243. The van der Waals surface area contributed by atoms with Crippen LogP contribution in [-0.4, -0.2) is 43.9 Å². The zero-order valence-corrected chi connectivity index (χ0v) is 17.3. The number of carbonyl (C=O) groups is 1. The monoisotopic (exact) mass is 438 g/mol. The molecule has 1 aromatic carbocycles. The molecule has 0 atom stereocenters. The van der Waals surface area contributed by atoms with E-state index in [1.54, 1.807) is 23.2 Å². The number of methoxy groups -OCH3 is 1. The lowest BCUT2D eigenvalue weighted by atomic mass is 10.3. The van der Waals surface area contributed by atoms with E-state index in [0.717, 1.165) is 5.75 Å². The summed E-state index contributed by atoms with van der Waals surface area (Å²) in [5, 5.41) is 17.0. The van der Waals surface area contributed by atoms with Crippen LogP contribution in [0.4, 0.5) is 0 Å². The Morgan fingerprint density at radius 3 is 2.94 bits per heavy atom. The molecule has 0 bridgehead atoms. The van der Waals surface area contributed by atoms with Crippen LogP contribution in [0.1, 0.15) is 22.0 Å². The lowest BCUT2D eigenvalue weighted by Crippen LogP contribution is -2.04. The standard InChI is InChI=1S/C20H18N6O4S/c1-28-19(27)18-9-10-25(24-18)14-31-20-23-21-13-26(20)22-11-16-7-8-17(30-16)12-29-15-5-3-2-4-6-15/h2-11,13H,12,14H2,1H3. The molecule has 3 aromatic heterocycles. The highest BCUT2D eigenvalue weighted by Crippen LogP contribution is 2.17. The highest BCUT2D eigenvalue weighted by atomic mass is 32.2. The zero-order valence-electron chi connectivity index (χ0n) is 16.5. The largest absolute Gasteiger partial charge is 0.486 e. The van der Waals surface area contributed by atoms with E-state index in [2.05, 4.69) is 25.1 Å². The normalized spacial score (nSPS) is 11.1. The van der Waals surface area contributed by atoms with Crippen molar-refractivity contribution >= 4 is 23.9 Å². The lowest BCUT2D eigenvalue weighted by molar-refractivity contribution is 0.0593. The van der Waals surface area contributed by atoms with Crippen LogP contribution < -0.4 is 4.74 Å². The maximum atomic E-state index is 11.5. The minimum absolute atomic E-state index is 0.243. The van der Waals surface area contributed by atoms with E-state index in [4.69, 9.17) is 9.15 Å². The average molecular weight is 438 g/mol. The van der Waals surface area contributed by atoms with Gasteiger partial charge in [0.1, 0.15) is 30.2 Å². The van der Waals surface area contributed by atoms with Crippen molar-refractivity contribution in [1.29, 1.82) is 0 Å². The van der Waals surface area contributed by atoms with Crippen LogP contribution in [0.25, 0.3) is 0 Å². The van der Waals surface area contributed by atoms with Gasteiger partial charge in [0.05, 0.1) is 19.2 Å². The van der Waals surface area contributed by atoms with E-state index < -0.39 is 5.97 Å². The van der Waals surface area contributed by atoms with Gasteiger partial charge in [0.25, 0.3) is 0 Å². The summed E-state index contributed by atoms with van der Waals surface area (Å²) >= 11 is 1.36. The summed E-state index contributed by atoms with van der Waals surface area (Å²) in [6.07, 6.45) is 4.75. The molecule has 0 saturated carbocycles. The predicted octanol–water partition coefficient (Wildman–Crippen LogP) is 3.07. The van der Waals surface area contributed by atoms with Crippen LogP contribution in [-0.2, 0) is 17.2 Å². The number of nitrogens with zero attached hydrogens (tertiary/aromatic N) is 6. The van der Waals surface area contributed by atoms with Gasteiger partial charge >= 0.3 is 5.97 Å². The number of carbonyl (C=O) groups excluding carboxylic acids is 1. The van der Waals surface area contributed by atoms with Crippen molar-refractivity contribution in [2.24, 2.45) is 5.10 Å². The number of rotatable bonds is 9. The summed E-state index contributed by atoms with van der Waals surface area (Å²) in [6.45, 7) is 0.322. The number of hydrogen-bond acceptors (Lipinski definition) is 9. The molecule has 4 rings (SSSR count). The fraction of sp³-hybridized carbons (Fsp3) is 0.150. The average Bonchev–Trinajstić information content (AvgIpc) is 3.56. The molecule has 0 N–H and O–H groups in total. The third kappa shape index (κ3) is 5.39. The van der Waals surface area contributed by atoms with Gasteiger partial charge in [0.15, 0.2) is 5.69 Å². The first-order valence-corrected chi connectivity index (χ1v) is 10.2. The molecule has 0 aliphatic rings. The molecule has 0 aliphatic carbocycles. The van der Waals surface area contributed by atoms with E-state index in [0.29, 0.717) is 29.2 Å². The number of furan rings is 1. The predicted molar refractivity (Wildman–Crippen MR) is 112 cm³/mol. The molecule has 0 unspecified atom stereocenters. The summed E-state index contributed by atoms with van der Waals surface area (Å²) in [6, 6.07) is 14.8. The molecule has 10 nitrogen and oxygen atoms in total. The first kappa shape index (κ1) is 20.4. The highest BCUT2D eigenvalue weighted by molar-refractivity contribution is 7.98. The molecular formula is C20H18N6O4S. The van der Waals surface area contributed by atoms with Crippen LogP contribution in [0.5, 0.6) is 5.75 Å². The second-order valence-electron chi connectivity index (χ2n) is 6.11. The summed E-state index contributed by atoms with van der Waals surface area (Å²) in [5.74, 6) is 1.97. The van der Waals surface area contributed by atoms with Gasteiger partial charge < -0.3 is 13.9 Å². The van der Waals surface area contributed by atoms with Crippen molar-refractivity contribution in [2.75, 3.05) is 7.11 Å². The molecule has 31 heavy (non-hydrogen) atoms. The van der Waals surface area contributed by atoms with Crippen LogP contribution in [0, 0.1) is 0 Å². The maximum absolute atomic E-state index is 11.5. The molecule has 0 fully saturated rings. The Bertz CT molecular complexity index is 1170. The number of ether oxygens (including phenoxy) is 2. The van der Waals surface area contributed by atoms with Gasteiger partial charge in [0.2, 0.25) is 5.16 Å². The quantitative estimate of drug-likeness (QED) is 0.223. The number of benzene rings is 1. The van der Waals surface area contributed by atoms with E-state index in [9.17, 15) is 4.79 Å². The maximum Gasteiger partial charge on any atom is 0.358 e. The third-order valence-corrected chi connectivity index (χ3v) is 4.90. The van der Waals surface area contributed by atoms with Gasteiger partial charge in [-0.05, 0) is 30.3 Å². The number of esters is 1. The topological polar surface area (TPSA) is 110 Å². The molecule has 0 amide bonds. The molecule has 11 heteroatoms. The molecular weight excluding hydrogens is 420 g/mol. The first-order chi connectivity index (χ1) is 15.2. The van der Waals surface area contributed by atoms with E-state index >= 15 is 0 Å². The number of para-hydroxylation sites is 1. The van der Waals surface area contributed by atoms with Crippen molar-refractivity contribution in [3.8, 4) is 5.75 Å². The highest BCUT2D eigenvalue weighted by Gasteiger charge is 2.10. The van der Waals surface area contributed by atoms with Crippen LogP contribution in [0.2, 0.25) is 0 Å². The second kappa shape index (κ2) is 9.76. The Balaban J connectivity index is 1.33. The van der Waals surface area contributed by atoms with Crippen molar-refractivity contribution in [3.05, 3.63) is 78.3 Å². The van der Waals surface area contributed by atoms with Crippen LogP contribution >= 0.6 is 11.8 Å². The van der Waals surface area contributed by atoms with E-state index in [-0.39, 0.29) is 5.69 Å². The third-order valence-electron chi connectivity index (χ3n) is 3.98. The molecule has 0 saturated heterocycles. The van der Waals surface area contributed by atoms with Gasteiger partial charge in [-0.3, -0.25) is 4.68 Å². The number of thioether (sulfide) groups is 1. The Morgan fingerprint density at radius 1 is 1.23 bits per heavy atom. The van der Waals surface area contributed by atoms with Gasteiger partial charge in [-0.2, -0.15) is 14.9 Å². The minimum atomic E-state index is -0.483. The van der Waals surface area contributed by atoms with Crippen LogP contribution in [0.3, 0.4) is 0 Å². The molecule has 0 radical (unpaired) electrons. The Kier molecular flexibility index (Phi) is 6.43. The molecule has 3 heterocycles. The molecule has 158 valence electrons. The van der Waals surface area contributed by atoms with E-state index in [1.807, 2.05) is 42.5 Å². The van der Waals surface area contributed by atoms with Gasteiger partial charge in [0, 0.05) is 6.20 Å². The summed E-state index contributed by atoms with van der Waals surface area (Å²) in [4.78, 5) is 11.5.